The number of piperidine rings is 1. The third-order valence-corrected chi connectivity index (χ3v) is 6.00. The van der Waals surface area contributed by atoms with Crippen LogP contribution in [0.2, 0.25) is 15.1 Å². The summed E-state index contributed by atoms with van der Waals surface area (Å²) in [5.41, 5.74) is 1.59. The molecule has 0 saturated carbocycles. The normalized spacial score (nSPS) is 17.0. The second kappa shape index (κ2) is 9.81. The first-order chi connectivity index (χ1) is 13.9. The van der Waals surface area contributed by atoms with Crippen molar-refractivity contribution < 1.29 is 14.3 Å². The zero-order valence-electron chi connectivity index (χ0n) is 15.9. The Balaban J connectivity index is 1.68. The van der Waals surface area contributed by atoms with E-state index in [1.807, 2.05) is 18.2 Å². The summed E-state index contributed by atoms with van der Waals surface area (Å²) in [7, 11) is 1.30. The van der Waals surface area contributed by atoms with Gasteiger partial charge in [-0.05, 0) is 49.7 Å². The number of carbonyl (C=O) groups excluding carboxylic acids is 2. The van der Waals surface area contributed by atoms with Crippen LogP contribution < -0.4 is 5.32 Å². The van der Waals surface area contributed by atoms with E-state index >= 15 is 0 Å². The van der Waals surface area contributed by atoms with Crippen molar-refractivity contribution >= 4 is 52.4 Å². The number of nitrogens with zero attached hydrogens (tertiary/aromatic N) is 1. The fraction of sp³-hybridized carbons (Fsp3) is 0.333. The van der Waals surface area contributed by atoms with Crippen molar-refractivity contribution in [3.05, 3.63) is 62.6 Å². The predicted octanol–water partition coefficient (Wildman–Crippen LogP) is 5.28. The molecule has 1 fully saturated rings. The number of anilines is 1. The highest BCUT2D eigenvalue weighted by Crippen LogP contribution is 2.29. The lowest BCUT2D eigenvalue weighted by Gasteiger charge is -2.32. The Morgan fingerprint density at radius 3 is 2.55 bits per heavy atom. The van der Waals surface area contributed by atoms with E-state index in [4.69, 9.17) is 39.5 Å². The molecular formula is C21H21Cl3N2O3. The van der Waals surface area contributed by atoms with E-state index in [1.165, 1.54) is 13.2 Å². The zero-order valence-corrected chi connectivity index (χ0v) is 18.2. The predicted molar refractivity (Wildman–Crippen MR) is 116 cm³/mol. The van der Waals surface area contributed by atoms with Crippen LogP contribution in [0, 0.1) is 5.92 Å². The molecule has 2 aromatic carbocycles. The molecule has 0 spiro atoms. The molecule has 0 aromatic heterocycles. The number of esters is 1. The van der Waals surface area contributed by atoms with Gasteiger partial charge in [-0.3, -0.25) is 9.69 Å². The van der Waals surface area contributed by atoms with Gasteiger partial charge in [0.25, 0.3) is 0 Å². The van der Waals surface area contributed by atoms with Crippen molar-refractivity contribution in [1.82, 2.24) is 4.90 Å². The van der Waals surface area contributed by atoms with Gasteiger partial charge < -0.3 is 10.1 Å². The van der Waals surface area contributed by atoms with Gasteiger partial charge in [-0.15, -0.1) is 0 Å². The lowest BCUT2D eigenvalue weighted by molar-refractivity contribution is -0.121. The monoisotopic (exact) mass is 454 g/mol. The van der Waals surface area contributed by atoms with Crippen LogP contribution in [0.15, 0.2) is 36.4 Å². The SMILES string of the molecule is COC(=O)c1ccc(Cl)c(NC(=O)C2CCCN(Cc3c(Cl)cccc3Cl)C2)c1. The van der Waals surface area contributed by atoms with Crippen LogP contribution in [-0.2, 0) is 16.1 Å². The number of methoxy groups -OCH3 is 1. The molecule has 3 rings (SSSR count). The smallest absolute Gasteiger partial charge is 0.337 e. The van der Waals surface area contributed by atoms with Crippen LogP contribution in [-0.4, -0.2) is 37.0 Å². The van der Waals surface area contributed by atoms with Gasteiger partial charge in [0.05, 0.1) is 29.3 Å². The fourth-order valence-electron chi connectivity index (χ4n) is 3.42. The third-order valence-electron chi connectivity index (χ3n) is 4.97. The molecule has 1 aliphatic heterocycles. The largest absolute Gasteiger partial charge is 0.465 e. The summed E-state index contributed by atoms with van der Waals surface area (Å²) in [5.74, 6) is -0.829. The lowest BCUT2D eigenvalue weighted by Crippen LogP contribution is -2.40. The number of ether oxygens (including phenoxy) is 1. The van der Waals surface area contributed by atoms with E-state index in [0.717, 1.165) is 24.9 Å². The molecule has 5 nitrogen and oxygen atoms in total. The summed E-state index contributed by atoms with van der Waals surface area (Å²) < 4.78 is 4.72. The summed E-state index contributed by atoms with van der Waals surface area (Å²) in [4.78, 5) is 26.7. The van der Waals surface area contributed by atoms with Gasteiger partial charge in [-0.2, -0.15) is 0 Å². The number of rotatable bonds is 5. The molecule has 0 bridgehead atoms. The molecule has 1 unspecified atom stereocenters. The van der Waals surface area contributed by atoms with E-state index in [2.05, 4.69) is 10.2 Å². The molecule has 1 heterocycles. The quantitative estimate of drug-likeness (QED) is 0.623. The third kappa shape index (κ3) is 5.43. The number of carbonyl (C=O) groups is 2. The van der Waals surface area contributed by atoms with Gasteiger partial charge in [0.15, 0.2) is 0 Å². The average molecular weight is 456 g/mol. The Morgan fingerprint density at radius 1 is 1.14 bits per heavy atom. The first-order valence-electron chi connectivity index (χ1n) is 9.23. The Labute approximate surface area is 184 Å². The van der Waals surface area contributed by atoms with Gasteiger partial charge in [-0.25, -0.2) is 4.79 Å². The lowest BCUT2D eigenvalue weighted by atomic mass is 9.96. The van der Waals surface area contributed by atoms with E-state index < -0.39 is 5.97 Å². The average Bonchev–Trinajstić information content (AvgIpc) is 2.72. The maximum atomic E-state index is 12.8. The number of benzene rings is 2. The maximum Gasteiger partial charge on any atom is 0.337 e. The highest BCUT2D eigenvalue weighted by Gasteiger charge is 2.27. The molecule has 2 aromatic rings. The number of nitrogens with one attached hydrogen (secondary N) is 1. The Bertz CT molecular complexity index is 900. The minimum absolute atomic E-state index is 0.135. The molecule has 0 radical (unpaired) electrons. The molecule has 1 amide bonds. The van der Waals surface area contributed by atoms with Crippen molar-refractivity contribution in [2.24, 2.45) is 5.92 Å². The molecule has 1 aliphatic rings. The first kappa shape index (κ1) is 21.9. The van der Waals surface area contributed by atoms with E-state index in [-0.39, 0.29) is 11.8 Å². The van der Waals surface area contributed by atoms with Gasteiger partial charge in [0.2, 0.25) is 5.91 Å². The highest BCUT2D eigenvalue weighted by atomic mass is 35.5. The fourth-order valence-corrected chi connectivity index (χ4v) is 4.10. The second-order valence-corrected chi connectivity index (χ2v) is 8.17. The second-order valence-electron chi connectivity index (χ2n) is 6.95. The molecule has 1 atom stereocenters. The maximum absolute atomic E-state index is 12.8. The summed E-state index contributed by atoms with van der Waals surface area (Å²) in [5, 5.41) is 4.45. The zero-order chi connectivity index (χ0) is 21.0. The first-order valence-corrected chi connectivity index (χ1v) is 10.4. The van der Waals surface area contributed by atoms with Crippen molar-refractivity contribution in [1.29, 1.82) is 0 Å². The van der Waals surface area contributed by atoms with Crippen LogP contribution in [0.1, 0.15) is 28.8 Å². The van der Waals surface area contributed by atoms with E-state index in [0.29, 0.717) is 39.4 Å². The molecule has 0 aliphatic carbocycles. The number of amides is 1. The van der Waals surface area contributed by atoms with Crippen molar-refractivity contribution in [3.63, 3.8) is 0 Å². The van der Waals surface area contributed by atoms with Crippen molar-refractivity contribution in [3.8, 4) is 0 Å². The molecular weight excluding hydrogens is 435 g/mol. The van der Waals surface area contributed by atoms with Crippen LogP contribution in [0.4, 0.5) is 5.69 Å². The highest BCUT2D eigenvalue weighted by molar-refractivity contribution is 6.36. The molecule has 1 saturated heterocycles. The summed E-state index contributed by atoms with van der Waals surface area (Å²) in [6, 6.07) is 10.1. The Morgan fingerprint density at radius 2 is 1.86 bits per heavy atom. The summed E-state index contributed by atoms with van der Waals surface area (Å²) in [6.07, 6.45) is 1.66. The van der Waals surface area contributed by atoms with E-state index in [1.54, 1.807) is 12.1 Å². The van der Waals surface area contributed by atoms with Crippen molar-refractivity contribution in [2.45, 2.75) is 19.4 Å². The van der Waals surface area contributed by atoms with Gasteiger partial charge in [0.1, 0.15) is 0 Å². The molecule has 8 heteroatoms. The van der Waals surface area contributed by atoms with Crippen molar-refractivity contribution in [2.75, 3.05) is 25.5 Å². The minimum atomic E-state index is -0.488. The molecule has 1 N–H and O–H groups in total. The molecule has 29 heavy (non-hydrogen) atoms. The molecule has 154 valence electrons. The topological polar surface area (TPSA) is 58.6 Å². The van der Waals surface area contributed by atoms with Crippen LogP contribution in [0.5, 0.6) is 0 Å². The van der Waals surface area contributed by atoms with Gasteiger partial charge >= 0.3 is 5.97 Å². The van der Waals surface area contributed by atoms with Crippen LogP contribution in [0.25, 0.3) is 0 Å². The van der Waals surface area contributed by atoms with Gasteiger partial charge in [0, 0.05) is 28.7 Å². The summed E-state index contributed by atoms with van der Waals surface area (Å²) >= 11 is 18.8. The summed E-state index contributed by atoms with van der Waals surface area (Å²) in [6.45, 7) is 2.03. The Kier molecular flexibility index (Phi) is 7.41. The minimum Gasteiger partial charge on any atom is -0.465 e. The number of hydrogen-bond donors (Lipinski definition) is 1. The standard InChI is InChI=1S/C21H21Cl3N2O3/c1-29-21(28)13-7-8-18(24)19(10-13)25-20(27)14-4-3-9-26(11-14)12-15-16(22)5-2-6-17(15)23/h2,5-8,10,14H,3-4,9,11-12H2,1H3,(H,25,27). The number of likely N-dealkylation sites (tertiary alicyclic amines) is 1. The van der Waals surface area contributed by atoms with Crippen LogP contribution in [0.3, 0.4) is 0 Å². The van der Waals surface area contributed by atoms with Gasteiger partial charge in [-0.1, -0.05) is 40.9 Å². The van der Waals surface area contributed by atoms with E-state index in [9.17, 15) is 9.59 Å². The Hall–Kier alpha value is -1.79. The number of hydrogen-bond acceptors (Lipinski definition) is 4. The number of halogens is 3. The van der Waals surface area contributed by atoms with Crippen LogP contribution >= 0.6 is 34.8 Å².